The molecule has 0 unspecified atom stereocenters. The quantitative estimate of drug-likeness (QED) is 0.725. The van der Waals surface area contributed by atoms with Gasteiger partial charge in [-0.15, -0.1) is 5.10 Å². The summed E-state index contributed by atoms with van der Waals surface area (Å²) in [7, 11) is 0. The lowest BCUT2D eigenvalue weighted by Gasteiger charge is -2.40. The van der Waals surface area contributed by atoms with Gasteiger partial charge in [0, 0.05) is 18.5 Å². The highest BCUT2D eigenvalue weighted by molar-refractivity contribution is 6.04. The number of benzene rings is 1. The smallest absolute Gasteiger partial charge is 0.275 e. The van der Waals surface area contributed by atoms with Gasteiger partial charge in [-0.25, -0.2) is 4.68 Å². The van der Waals surface area contributed by atoms with Gasteiger partial charge in [-0.05, 0) is 12.5 Å². The summed E-state index contributed by atoms with van der Waals surface area (Å²) in [5, 5.41) is 16.1. The fourth-order valence-electron chi connectivity index (χ4n) is 3.64. The molecule has 0 spiro atoms. The molecule has 0 saturated carbocycles. The number of H-pyrrole nitrogens is 1. The number of hydrogen-bond donors (Lipinski definition) is 1. The van der Waals surface area contributed by atoms with Gasteiger partial charge in [0.2, 0.25) is 0 Å². The van der Waals surface area contributed by atoms with E-state index in [4.69, 9.17) is 4.74 Å². The number of nitrogens with zero attached hydrogens (tertiary/aromatic N) is 5. The Kier molecular flexibility index (Phi) is 2.93. The standard InChI is InChI=1S/C16H16N6O2/c23-16(15-11-3-1-2-4-12(11)18-19-15)21-6-5-14-13(8-21)22-10(9-24-14)7-17-20-22/h1-4,7,13-14H,5-6,8-9H2,(H,18,19)/t13-,14+/m0/s1. The molecule has 1 N–H and O–H groups in total. The number of carbonyl (C=O) groups excluding carboxylic acids is 1. The average molecular weight is 324 g/mol. The number of para-hydroxylation sites is 1. The van der Waals surface area contributed by atoms with Crippen LogP contribution in [0.3, 0.4) is 0 Å². The van der Waals surface area contributed by atoms with Gasteiger partial charge in [-0.2, -0.15) is 5.10 Å². The zero-order valence-corrected chi connectivity index (χ0v) is 12.9. The summed E-state index contributed by atoms with van der Waals surface area (Å²) in [6.45, 7) is 1.75. The van der Waals surface area contributed by atoms with Crippen molar-refractivity contribution in [3.8, 4) is 0 Å². The summed E-state index contributed by atoms with van der Waals surface area (Å²) in [6, 6.07) is 7.68. The Labute approximate surface area is 137 Å². The summed E-state index contributed by atoms with van der Waals surface area (Å²) in [4.78, 5) is 14.8. The van der Waals surface area contributed by atoms with Crippen molar-refractivity contribution in [1.29, 1.82) is 0 Å². The molecule has 4 heterocycles. The van der Waals surface area contributed by atoms with Crippen molar-refractivity contribution in [2.24, 2.45) is 0 Å². The second-order valence-corrected chi connectivity index (χ2v) is 6.24. The summed E-state index contributed by atoms with van der Waals surface area (Å²) in [6.07, 6.45) is 2.59. The molecule has 122 valence electrons. The SMILES string of the molecule is O=C(c1n[nH]c2ccccc12)N1CC[C@H]2OCc3cnnn3[C@H]2C1. The van der Waals surface area contributed by atoms with Crippen molar-refractivity contribution < 1.29 is 9.53 Å². The Morgan fingerprint density at radius 3 is 3.21 bits per heavy atom. The highest BCUT2D eigenvalue weighted by Crippen LogP contribution is 2.31. The number of hydrogen-bond acceptors (Lipinski definition) is 5. The second kappa shape index (κ2) is 5.13. The predicted octanol–water partition coefficient (Wildman–Crippen LogP) is 1.14. The first kappa shape index (κ1) is 13.7. The van der Waals surface area contributed by atoms with Crippen molar-refractivity contribution in [2.75, 3.05) is 13.1 Å². The van der Waals surface area contributed by atoms with Crippen LogP contribution in [0.25, 0.3) is 10.9 Å². The molecule has 5 rings (SSSR count). The van der Waals surface area contributed by atoms with E-state index in [1.54, 1.807) is 6.20 Å². The van der Waals surface area contributed by atoms with Gasteiger partial charge >= 0.3 is 0 Å². The van der Waals surface area contributed by atoms with E-state index < -0.39 is 0 Å². The number of amides is 1. The third-order valence-corrected chi connectivity index (χ3v) is 4.89. The normalized spacial score (nSPS) is 23.1. The highest BCUT2D eigenvalue weighted by atomic mass is 16.5. The van der Waals surface area contributed by atoms with Crippen LogP contribution in [0.4, 0.5) is 0 Å². The first-order chi connectivity index (χ1) is 11.8. The lowest BCUT2D eigenvalue weighted by Crippen LogP contribution is -2.50. The Balaban J connectivity index is 1.45. The van der Waals surface area contributed by atoms with Gasteiger partial charge in [0.25, 0.3) is 5.91 Å². The topological polar surface area (TPSA) is 88.9 Å². The van der Waals surface area contributed by atoms with Crippen molar-refractivity contribution in [1.82, 2.24) is 30.1 Å². The van der Waals surface area contributed by atoms with E-state index >= 15 is 0 Å². The molecule has 2 aliphatic heterocycles. The van der Waals surface area contributed by atoms with Crippen LogP contribution < -0.4 is 0 Å². The fraction of sp³-hybridized carbons (Fsp3) is 0.375. The van der Waals surface area contributed by atoms with E-state index in [1.807, 2.05) is 33.8 Å². The monoisotopic (exact) mass is 324 g/mol. The number of rotatable bonds is 1. The third kappa shape index (κ3) is 1.96. The molecule has 2 atom stereocenters. The van der Waals surface area contributed by atoms with Gasteiger partial charge in [0.05, 0.1) is 36.2 Å². The Bertz CT molecular complexity index is 916. The van der Waals surface area contributed by atoms with E-state index in [2.05, 4.69) is 20.5 Å². The highest BCUT2D eigenvalue weighted by Gasteiger charge is 2.38. The lowest BCUT2D eigenvalue weighted by atomic mass is 10.00. The molecule has 8 nitrogen and oxygen atoms in total. The average Bonchev–Trinajstić information content (AvgIpc) is 3.27. The van der Waals surface area contributed by atoms with Crippen molar-refractivity contribution in [2.45, 2.75) is 25.2 Å². The number of aromatic amines is 1. The van der Waals surface area contributed by atoms with Gasteiger partial charge in [-0.3, -0.25) is 9.89 Å². The molecule has 1 amide bonds. The molecule has 3 aromatic rings. The van der Waals surface area contributed by atoms with Crippen molar-refractivity contribution in [3.63, 3.8) is 0 Å². The predicted molar refractivity (Wildman–Crippen MR) is 84.3 cm³/mol. The van der Waals surface area contributed by atoms with Crippen LogP contribution >= 0.6 is 0 Å². The molecule has 1 aromatic carbocycles. The van der Waals surface area contributed by atoms with Crippen LogP contribution in [0.5, 0.6) is 0 Å². The Morgan fingerprint density at radius 2 is 2.25 bits per heavy atom. The Morgan fingerprint density at radius 1 is 1.33 bits per heavy atom. The maximum Gasteiger partial charge on any atom is 0.275 e. The first-order valence-corrected chi connectivity index (χ1v) is 8.04. The zero-order valence-electron chi connectivity index (χ0n) is 12.9. The van der Waals surface area contributed by atoms with Crippen LogP contribution in [-0.2, 0) is 11.3 Å². The van der Waals surface area contributed by atoms with Gasteiger partial charge < -0.3 is 9.64 Å². The minimum absolute atomic E-state index is 0.0131. The fourth-order valence-corrected chi connectivity index (χ4v) is 3.64. The van der Waals surface area contributed by atoms with Crippen LogP contribution in [0.1, 0.15) is 28.6 Å². The molecule has 24 heavy (non-hydrogen) atoms. The van der Waals surface area contributed by atoms with E-state index in [9.17, 15) is 4.79 Å². The summed E-state index contributed by atoms with van der Waals surface area (Å²) < 4.78 is 7.79. The van der Waals surface area contributed by atoms with Crippen LogP contribution in [-0.4, -0.2) is 55.2 Å². The maximum absolute atomic E-state index is 13.0. The maximum atomic E-state index is 13.0. The minimum atomic E-state index is -0.0573. The number of carbonyl (C=O) groups is 1. The van der Waals surface area contributed by atoms with E-state index in [0.717, 1.165) is 23.0 Å². The van der Waals surface area contributed by atoms with Crippen molar-refractivity contribution >= 4 is 16.8 Å². The number of ether oxygens (including phenoxy) is 1. The molecule has 0 aliphatic carbocycles. The largest absolute Gasteiger partial charge is 0.370 e. The summed E-state index contributed by atoms with van der Waals surface area (Å²) >= 11 is 0. The molecule has 0 bridgehead atoms. The summed E-state index contributed by atoms with van der Waals surface area (Å²) in [5.74, 6) is -0.0573. The number of fused-ring (bicyclic) bond motifs is 4. The first-order valence-electron chi connectivity index (χ1n) is 8.04. The van der Waals surface area contributed by atoms with Crippen LogP contribution in [0.15, 0.2) is 30.5 Å². The lowest BCUT2D eigenvalue weighted by molar-refractivity contribution is -0.0605. The molecular weight excluding hydrogens is 308 g/mol. The van der Waals surface area contributed by atoms with Crippen LogP contribution in [0, 0.1) is 0 Å². The molecule has 8 heteroatoms. The third-order valence-electron chi connectivity index (χ3n) is 4.89. The molecule has 2 aromatic heterocycles. The van der Waals surface area contributed by atoms with Crippen LogP contribution in [0.2, 0.25) is 0 Å². The Hall–Kier alpha value is -2.74. The number of likely N-dealkylation sites (tertiary alicyclic amines) is 1. The number of piperidine rings is 1. The molecule has 1 saturated heterocycles. The van der Waals surface area contributed by atoms with Crippen molar-refractivity contribution in [3.05, 3.63) is 41.9 Å². The molecule has 2 aliphatic rings. The number of aromatic nitrogens is 5. The number of nitrogens with one attached hydrogen (secondary N) is 1. The van der Waals surface area contributed by atoms with Gasteiger partial charge in [-0.1, -0.05) is 23.4 Å². The molecular formula is C16H16N6O2. The summed E-state index contributed by atoms with van der Waals surface area (Å²) in [5.41, 5.74) is 2.30. The van der Waals surface area contributed by atoms with Gasteiger partial charge in [0.15, 0.2) is 5.69 Å². The molecule has 1 fully saturated rings. The van der Waals surface area contributed by atoms with E-state index in [0.29, 0.717) is 25.4 Å². The molecule has 0 radical (unpaired) electrons. The minimum Gasteiger partial charge on any atom is -0.370 e. The second-order valence-electron chi connectivity index (χ2n) is 6.24. The van der Waals surface area contributed by atoms with Gasteiger partial charge in [0.1, 0.15) is 0 Å². The van der Waals surface area contributed by atoms with E-state index in [-0.39, 0.29) is 18.1 Å². The van der Waals surface area contributed by atoms with E-state index in [1.165, 1.54) is 0 Å². The zero-order chi connectivity index (χ0) is 16.1.